The minimum atomic E-state index is -0.197. The van der Waals surface area contributed by atoms with Crippen molar-refractivity contribution in [3.8, 4) is 5.75 Å². The van der Waals surface area contributed by atoms with Crippen LogP contribution in [-0.2, 0) is 13.1 Å². The summed E-state index contributed by atoms with van der Waals surface area (Å²) in [5.74, 6) is 0.643. The molecule has 4 rings (SSSR count). The summed E-state index contributed by atoms with van der Waals surface area (Å²) in [6, 6.07) is 24.8. The van der Waals surface area contributed by atoms with Gasteiger partial charge in [-0.15, -0.1) is 0 Å². The number of aryl methyl sites for hydroxylation is 1. The molecule has 0 radical (unpaired) electrons. The number of aromatic amines is 1. The van der Waals surface area contributed by atoms with Crippen LogP contribution in [0.15, 0.2) is 83.7 Å². The number of amides is 1. The lowest BCUT2D eigenvalue weighted by atomic mass is 10.1. The Morgan fingerprint density at radius 3 is 2.44 bits per heavy atom. The number of hydrogen-bond donors (Lipinski definition) is 1. The standard InChI is InChI=1S/C27H26N2O3/c1-3-32-23-13-14-25-21(16-23)15-22(26(30)28-25)18-29(17-20-10-5-4-6-11-20)27(31)24-12-8-7-9-19(24)2/h4-16H,3,17-18H2,1-2H3,(H,28,30). The van der Waals surface area contributed by atoms with Crippen molar-refractivity contribution >= 4 is 16.8 Å². The quantitative estimate of drug-likeness (QED) is 0.448. The van der Waals surface area contributed by atoms with Crippen LogP contribution in [0.25, 0.3) is 10.9 Å². The minimum absolute atomic E-state index is 0.102. The smallest absolute Gasteiger partial charge is 0.254 e. The molecule has 0 saturated heterocycles. The maximum atomic E-state index is 13.5. The monoisotopic (exact) mass is 426 g/mol. The fraction of sp³-hybridized carbons (Fsp3) is 0.185. The number of nitrogens with one attached hydrogen (secondary N) is 1. The fourth-order valence-electron chi connectivity index (χ4n) is 3.80. The molecule has 162 valence electrons. The Morgan fingerprint density at radius 1 is 0.938 bits per heavy atom. The van der Waals surface area contributed by atoms with Gasteiger partial charge in [-0.3, -0.25) is 9.59 Å². The van der Waals surface area contributed by atoms with Crippen LogP contribution >= 0.6 is 0 Å². The first-order valence-electron chi connectivity index (χ1n) is 10.7. The second-order valence-corrected chi connectivity index (χ2v) is 7.77. The van der Waals surface area contributed by atoms with Gasteiger partial charge in [-0.1, -0.05) is 48.5 Å². The average molecular weight is 427 g/mol. The molecule has 0 atom stereocenters. The van der Waals surface area contributed by atoms with Crippen LogP contribution in [0, 0.1) is 6.92 Å². The first kappa shape index (κ1) is 21.4. The van der Waals surface area contributed by atoms with E-state index in [1.165, 1.54) is 0 Å². The van der Waals surface area contributed by atoms with E-state index in [4.69, 9.17) is 4.74 Å². The third kappa shape index (κ3) is 4.72. The highest BCUT2D eigenvalue weighted by atomic mass is 16.5. The molecule has 4 aromatic rings. The van der Waals surface area contributed by atoms with Crippen molar-refractivity contribution in [1.29, 1.82) is 0 Å². The van der Waals surface area contributed by atoms with Gasteiger partial charge >= 0.3 is 0 Å². The number of carbonyl (C=O) groups is 1. The van der Waals surface area contributed by atoms with E-state index in [1.54, 1.807) is 4.90 Å². The van der Waals surface area contributed by atoms with Crippen molar-refractivity contribution in [2.75, 3.05) is 6.61 Å². The molecule has 1 heterocycles. The maximum absolute atomic E-state index is 13.5. The minimum Gasteiger partial charge on any atom is -0.494 e. The van der Waals surface area contributed by atoms with Gasteiger partial charge in [0, 0.05) is 28.6 Å². The van der Waals surface area contributed by atoms with Crippen LogP contribution in [0.5, 0.6) is 5.75 Å². The Bertz CT molecular complexity index is 1300. The summed E-state index contributed by atoms with van der Waals surface area (Å²) in [6.07, 6.45) is 0. The molecule has 0 saturated carbocycles. The largest absolute Gasteiger partial charge is 0.494 e. The summed E-state index contributed by atoms with van der Waals surface area (Å²) in [6.45, 7) is 5.03. The molecule has 0 spiro atoms. The molecule has 0 aliphatic carbocycles. The van der Waals surface area contributed by atoms with Crippen molar-refractivity contribution in [2.24, 2.45) is 0 Å². The molecule has 0 fully saturated rings. The van der Waals surface area contributed by atoms with E-state index in [0.29, 0.717) is 24.3 Å². The topological polar surface area (TPSA) is 62.4 Å². The molecule has 1 N–H and O–H groups in total. The number of rotatable bonds is 7. The first-order chi connectivity index (χ1) is 15.5. The van der Waals surface area contributed by atoms with Gasteiger partial charge in [0.2, 0.25) is 0 Å². The number of hydrogen-bond acceptors (Lipinski definition) is 3. The predicted molar refractivity (Wildman–Crippen MR) is 127 cm³/mol. The molecule has 5 heteroatoms. The number of H-pyrrole nitrogens is 1. The van der Waals surface area contributed by atoms with Crippen LogP contribution in [0.4, 0.5) is 0 Å². The second-order valence-electron chi connectivity index (χ2n) is 7.77. The van der Waals surface area contributed by atoms with Crippen molar-refractivity contribution in [2.45, 2.75) is 26.9 Å². The number of aromatic nitrogens is 1. The summed E-state index contributed by atoms with van der Waals surface area (Å²) < 4.78 is 5.60. The van der Waals surface area contributed by atoms with Gasteiger partial charge in [0.05, 0.1) is 13.2 Å². The molecule has 5 nitrogen and oxygen atoms in total. The SMILES string of the molecule is CCOc1ccc2[nH]c(=O)c(CN(Cc3ccccc3)C(=O)c3ccccc3C)cc2c1. The van der Waals surface area contributed by atoms with E-state index >= 15 is 0 Å². The second kappa shape index (κ2) is 9.52. The molecule has 1 aromatic heterocycles. The molecule has 32 heavy (non-hydrogen) atoms. The van der Waals surface area contributed by atoms with Crippen LogP contribution in [0.3, 0.4) is 0 Å². The number of fused-ring (bicyclic) bond motifs is 1. The maximum Gasteiger partial charge on any atom is 0.254 e. The number of nitrogens with zero attached hydrogens (tertiary/aromatic N) is 1. The lowest BCUT2D eigenvalue weighted by molar-refractivity contribution is 0.0728. The van der Waals surface area contributed by atoms with Crippen LogP contribution in [0.1, 0.15) is 34.0 Å². The Kier molecular flexibility index (Phi) is 6.36. The lowest BCUT2D eigenvalue weighted by Crippen LogP contribution is -2.33. The molecule has 0 aliphatic rings. The van der Waals surface area contributed by atoms with E-state index in [1.807, 2.05) is 92.7 Å². The lowest BCUT2D eigenvalue weighted by Gasteiger charge is -2.24. The summed E-state index contributed by atoms with van der Waals surface area (Å²) in [4.78, 5) is 31.0. The zero-order valence-corrected chi connectivity index (χ0v) is 18.3. The highest BCUT2D eigenvalue weighted by molar-refractivity contribution is 5.95. The van der Waals surface area contributed by atoms with Crippen molar-refractivity contribution < 1.29 is 9.53 Å². The zero-order chi connectivity index (χ0) is 22.5. The van der Waals surface area contributed by atoms with Gasteiger partial charge in [-0.25, -0.2) is 0 Å². The van der Waals surface area contributed by atoms with Gasteiger partial charge in [0.1, 0.15) is 5.75 Å². The van der Waals surface area contributed by atoms with Gasteiger partial charge < -0.3 is 14.6 Å². The summed E-state index contributed by atoms with van der Waals surface area (Å²) >= 11 is 0. The molecule has 0 bridgehead atoms. The number of pyridine rings is 1. The van der Waals surface area contributed by atoms with Gasteiger partial charge in [-0.2, -0.15) is 0 Å². The molecule has 3 aromatic carbocycles. The summed E-state index contributed by atoms with van der Waals surface area (Å²) in [7, 11) is 0. The zero-order valence-electron chi connectivity index (χ0n) is 18.3. The Labute approximate surface area is 187 Å². The molecular weight excluding hydrogens is 400 g/mol. The van der Waals surface area contributed by atoms with Crippen molar-refractivity contribution in [1.82, 2.24) is 9.88 Å². The van der Waals surface area contributed by atoms with E-state index in [0.717, 1.165) is 27.8 Å². The molecular formula is C27H26N2O3. The summed E-state index contributed by atoms with van der Waals surface area (Å²) in [5.41, 5.74) is 3.62. The Morgan fingerprint density at radius 2 is 1.69 bits per heavy atom. The van der Waals surface area contributed by atoms with E-state index in [9.17, 15) is 9.59 Å². The van der Waals surface area contributed by atoms with E-state index < -0.39 is 0 Å². The third-order valence-corrected chi connectivity index (χ3v) is 5.44. The number of ether oxygens (including phenoxy) is 1. The summed E-state index contributed by atoms with van der Waals surface area (Å²) in [5, 5.41) is 0.869. The first-order valence-corrected chi connectivity index (χ1v) is 10.7. The van der Waals surface area contributed by atoms with Crippen LogP contribution in [0.2, 0.25) is 0 Å². The van der Waals surface area contributed by atoms with Crippen LogP contribution in [-0.4, -0.2) is 22.4 Å². The Hall–Kier alpha value is -3.86. The average Bonchev–Trinajstić information content (AvgIpc) is 2.80. The normalized spacial score (nSPS) is 10.8. The molecule has 1 amide bonds. The molecule has 0 unspecified atom stereocenters. The highest BCUT2D eigenvalue weighted by Gasteiger charge is 2.20. The number of benzene rings is 3. The van der Waals surface area contributed by atoms with Gasteiger partial charge in [0.25, 0.3) is 11.5 Å². The number of carbonyl (C=O) groups excluding carboxylic acids is 1. The predicted octanol–water partition coefficient (Wildman–Crippen LogP) is 5.08. The Balaban J connectivity index is 1.72. The van der Waals surface area contributed by atoms with Gasteiger partial charge in [-0.05, 0) is 55.3 Å². The van der Waals surface area contributed by atoms with E-state index in [2.05, 4.69) is 4.98 Å². The highest BCUT2D eigenvalue weighted by Crippen LogP contribution is 2.21. The van der Waals surface area contributed by atoms with Gasteiger partial charge in [0.15, 0.2) is 0 Å². The third-order valence-electron chi connectivity index (χ3n) is 5.44. The van der Waals surface area contributed by atoms with Crippen LogP contribution < -0.4 is 10.3 Å². The van der Waals surface area contributed by atoms with E-state index in [-0.39, 0.29) is 18.0 Å². The molecule has 0 aliphatic heterocycles. The van der Waals surface area contributed by atoms with Crippen molar-refractivity contribution in [3.05, 3.63) is 111 Å². The fourth-order valence-corrected chi connectivity index (χ4v) is 3.80. The van der Waals surface area contributed by atoms with Crippen molar-refractivity contribution in [3.63, 3.8) is 0 Å².